The molecule has 0 aromatic rings. The predicted molar refractivity (Wildman–Crippen MR) is 124 cm³/mol. The second-order valence-corrected chi connectivity index (χ2v) is 12.0. The number of ether oxygens (including phenoxy) is 2. The van der Waals surface area contributed by atoms with Crippen LogP contribution in [0.15, 0.2) is 0 Å². The molecule has 1 N–H and O–H groups in total. The van der Waals surface area contributed by atoms with Crippen LogP contribution in [0.25, 0.3) is 0 Å². The van der Waals surface area contributed by atoms with Crippen molar-refractivity contribution in [3.63, 3.8) is 0 Å². The summed E-state index contributed by atoms with van der Waals surface area (Å²) in [6, 6.07) is 0. The summed E-state index contributed by atoms with van der Waals surface area (Å²) in [6.45, 7) is 8.33. The molecule has 2 aliphatic carbocycles. The third kappa shape index (κ3) is 5.98. The van der Waals surface area contributed by atoms with Crippen molar-refractivity contribution in [2.45, 2.75) is 109 Å². The number of hydrogen-bond donors (Lipinski definition) is 1. The molecule has 8 atom stereocenters. The molecule has 0 amide bonds. The Bertz CT molecular complexity index is 635. The number of thioether (sulfide) groups is 1. The van der Waals surface area contributed by atoms with E-state index in [1.807, 2.05) is 32.5 Å². The lowest BCUT2D eigenvalue weighted by Gasteiger charge is -2.50. The molecule has 0 bridgehead atoms. The number of rotatable bonds is 7. The van der Waals surface area contributed by atoms with Crippen LogP contribution in [0.2, 0.25) is 0 Å². The molecule has 1 saturated heterocycles. The number of aliphatic hydroxyl groups is 1. The summed E-state index contributed by atoms with van der Waals surface area (Å²) in [5.74, 6) is 1.65. The quantitative estimate of drug-likeness (QED) is 0.547. The highest BCUT2D eigenvalue weighted by Crippen LogP contribution is 2.51. The molecule has 5 nitrogen and oxygen atoms in total. The van der Waals surface area contributed by atoms with Crippen LogP contribution in [0.1, 0.15) is 85.5 Å². The first-order valence-corrected chi connectivity index (χ1v) is 13.5. The van der Waals surface area contributed by atoms with E-state index in [1.54, 1.807) is 0 Å². The molecule has 6 heteroatoms. The zero-order valence-corrected chi connectivity index (χ0v) is 20.8. The van der Waals surface area contributed by atoms with Crippen LogP contribution < -0.4 is 0 Å². The Kier molecular flexibility index (Phi) is 8.39. The third-order valence-electron chi connectivity index (χ3n) is 8.34. The molecule has 0 aromatic carbocycles. The molecule has 3 aliphatic rings. The Balaban J connectivity index is 1.74. The summed E-state index contributed by atoms with van der Waals surface area (Å²) in [6.07, 6.45) is 9.11. The fourth-order valence-electron chi connectivity index (χ4n) is 5.97. The first-order valence-electron chi connectivity index (χ1n) is 12.3. The van der Waals surface area contributed by atoms with Crippen molar-refractivity contribution in [2.75, 3.05) is 6.26 Å². The van der Waals surface area contributed by atoms with Gasteiger partial charge in [-0.3, -0.25) is 9.59 Å². The normalized spacial score (nSPS) is 38.8. The Morgan fingerprint density at radius 2 is 1.97 bits per heavy atom. The zero-order chi connectivity index (χ0) is 22.8. The lowest BCUT2D eigenvalue weighted by Crippen LogP contribution is -2.49. The van der Waals surface area contributed by atoms with Gasteiger partial charge in [-0.1, -0.05) is 20.3 Å². The smallest absolute Gasteiger partial charge is 0.311 e. The van der Waals surface area contributed by atoms with E-state index in [2.05, 4.69) is 13.2 Å². The minimum atomic E-state index is -0.579. The van der Waals surface area contributed by atoms with Crippen LogP contribution in [-0.2, 0) is 19.1 Å². The summed E-state index contributed by atoms with van der Waals surface area (Å²) in [7, 11) is 0. The van der Waals surface area contributed by atoms with E-state index in [4.69, 9.17) is 9.47 Å². The average molecular weight is 455 g/mol. The van der Waals surface area contributed by atoms with Gasteiger partial charge in [0.2, 0.25) is 0 Å². The van der Waals surface area contributed by atoms with Crippen molar-refractivity contribution >= 4 is 23.7 Å². The first kappa shape index (κ1) is 24.9. The summed E-state index contributed by atoms with van der Waals surface area (Å²) in [4.78, 5) is 24.7. The molecule has 0 unspecified atom stereocenters. The maximum atomic E-state index is 13.0. The van der Waals surface area contributed by atoms with Crippen molar-refractivity contribution in [3.8, 4) is 0 Å². The van der Waals surface area contributed by atoms with Crippen molar-refractivity contribution in [3.05, 3.63) is 0 Å². The molecule has 3 rings (SSSR count). The summed E-state index contributed by atoms with van der Waals surface area (Å²) >= 11 is 1.91. The molecular formula is C25H42O5S. The van der Waals surface area contributed by atoms with E-state index >= 15 is 0 Å². The Morgan fingerprint density at radius 1 is 1.23 bits per heavy atom. The molecule has 2 saturated carbocycles. The monoisotopic (exact) mass is 454 g/mol. The second kappa shape index (κ2) is 10.5. The molecule has 178 valence electrons. The van der Waals surface area contributed by atoms with Crippen LogP contribution >= 0.6 is 11.8 Å². The van der Waals surface area contributed by atoms with Gasteiger partial charge in [-0.2, -0.15) is 11.8 Å². The Labute approximate surface area is 192 Å². The number of aliphatic hydroxyl groups excluding tert-OH is 1. The number of carbonyl (C=O) groups excluding carboxylic acids is 2. The van der Waals surface area contributed by atoms with Crippen molar-refractivity contribution < 1.29 is 24.2 Å². The highest BCUT2D eigenvalue weighted by atomic mass is 32.2. The van der Waals surface area contributed by atoms with Gasteiger partial charge in [-0.15, -0.1) is 0 Å². The van der Waals surface area contributed by atoms with Crippen LogP contribution in [0.3, 0.4) is 0 Å². The van der Waals surface area contributed by atoms with E-state index in [0.717, 1.165) is 25.7 Å². The Morgan fingerprint density at radius 3 is 2.61 bits per heavy atom. The molecule has 0 aromatic heterocycles. The van der Waals surface area contributed by atoms with Gasteiger partial charge in [0.1, 0.15) is 12.2 Å². The van der Waals surface area contributed by atoms with E-state index in [0.29, 0.717) is 35.3 Å². The van der Waals surface area contributed by atoms with Crippen molar-refractivity contribution in [1.82, 2.24) is 0 Å². The van der Waals surface area contributed by atoms with Crippen molar-refractivity contribution in [1.29, 1.82) is 0 Å². The average Bonchev–Trinajstić information content (AvgIpc) is 2.72. The maximum Gasteiger partial charge on any atom is 0.311 e. The highest BCUT2D eigenvalue weighted by molar-refractivity contribution is 7.99. The van der Waals surface area contributed by atoms with Gasteiger partial charge in [-0.05, 0) is 76.4 Å². The van der Waals surface area contributed by atoms with Crippen LogP contribution in [0.5, 0.6) is 0 Å². The van der Waals surface area contributed by atoms with Gasteiger partial charge in [0.15, 0.2) is 0 Å². The topological polar surface area (TPSA) is 72.8 Å². The van der Waals surface area contributed by atoms with Crippen LogP contribution in [0.4, 0.5) is 0 Å². The van der Waals surface area contributed by atoms with Gasteiger partial charge >= 0.3 is 11.9 Å². The summed E-state index contributed by atoms with van der Waals surface area (Å²) in [5, 5.41) is 10.5. The van der Waals surface area contributed by atoms with Gasteiger partial charge in [-0.25, -0.2) is 0 Å². The van der Waals surface area contributed by atoms with E-state index < -0.39 is 11.5 Å². The van der Waals surface area contributed by atoms with E-state index in [9.17, 15) is 14.7 Å². The molecule has 1 aliphatic heterocycles. The molecule has 0 radical (unpaired) electrons. The zero-order valence-electron chi connectivity index (χ0n) is 20.0. The molecule has 3 fully saturated rings. The highest BCUT2D eigenvalue weighted by Gasteiger charge is 2.48. The largest absolute Gasteiger partial charge is 0.462 e. The SMILES string of the molecule is CCC(C)(C)C(=O)O[C@H]1C[C@@H](SC)C[C@@H]2CC[C@H](C)[C@H](CC[C@H]3C[C@@H](O)CC(=O)O3)[C@H]21. The predicted octanol–water partition coefficient (Wildman–Crippen LogP) is 4.99. The number of esters is 2. The number of carbonyl (C=O) groups is 2. The van der Waals surface area contributed by atoms with Gasteiger partial charge in [0.25, 0.3) is 0 Å². The maximum absolute atomic E-state index is 13.0. The minimum Gasteiger partial charge on any atom is -0.462 e. The fourth-order valence-corrected chi connectivity index (χ4v) is 6.79. The lowest BCUT2D eigenvalue weighted by molar-refractivity contribution is -0.172. The molecule has 1 heterocycles. The minimum absolute atomic E-state index is 0.0261. The fraction of sp³-hybridized carbons (Fsp3) is 0.920. The van der Waals surface area contributed by atoms with Crippen LogP contribution in [0, 0.1) is 29.1 Å². The van der Waals surface area contributed by atoms with Gasteiger partial charge < -0.3 is 14.6 Å². The summed E-state index contributed by atoms with van der Waals surface area (Å²) < 4.78 is 11.8. The lowest BCUT2D eigenvalue weighted by atomic mass is 9.59. The number of cyclic esters (lactones) is 1. The van der Waals surface area contributed by atoms with Crippen LogP contribution in [-0.4, -0.2) is 46.9 Å². The molecular weight excluding hydrogens is 412 g/mol. The van der Waals surface area contributed by atoms with Crippen molar-refractivity contribution in [2.24, 2.45) is 29.1 Å². The molecule has 31 heavy (non-hydrogen) atoms. The molecule has 0 spiro atoms. The standard InChI is InChI=1S/C25H42O5S/c1-6-25(3,4)24(28)30-21-14-19(31-5)11-16-8-7-15(2)20(23(16)21)10-9-18-12-17(26)13-22(27)29-18/h15-21,23,26H,6-14H2,1-5H3/t15-,16-,17+,18-,19-,20-,21-,23-/m0/s1. The second-order valence-electron chi connectivity index (χ2n) is 10.8. The third-order valence-corrected chi connectivity index (χ3v) is 9.39. The number of hydrogen-bond acceptors (Lipinski definition) is 6. The first-order chi connectivity index (χ1) is 14.6. The van der Waals surface area contributed by atoms with E-state index in [-0.39, 0.29) is 30.6 Å². The van der Waals surface area contributed by atoms with E-state index in [1.165, 1.54) is 19.3 Å². The number of fused-ring (bicyclic) bond motifs is 1. The summed E-state index contributed by atoms with van der Waals surface area (Å²) in [5.41, 5.74) is -0.454. The Hall–Kier alpha value is -0.750. The van der Waals surface area contributed by atoms with Gasteiger partial charge in [0, 0.05) is 17.6 Å². The van der Waals surface area contributed by atoms with Gasteiger partial charge in [0.05, 0.1) is 17.9 Å².